The Morgan fingerprint density at radius 1 is 0.528 bits per heavy atom. The van der Waals surface area contributed by atoms with Crippen LogP contribution in [0.3, 0.4) is 0 Å². The van der Waals surface area contributed by atoms with Crippen LogP contribution in [0.5, 0.6) is 0 Å². The van der Waals surface area contributed by atoms with Crippen molar-refractivity contribution in [2.45, 2.75) is 11.8 Å². The molecule has 4 aliphatic rings. The smallest absolute Gasteiger partial charge is 0.143 e. The number of rotatable bonds is 5. The lowest BCUT2D eigenvalue weighted by molar-refractivity contribution is 0.620. The van der Waals surface area contributed by atoms with Gasteiger partial charge in [0.1, 0.15) is 11.2 Å². The van der Waals surface area contributed by atoms with Gasteiger partial charge in [0.05, 0.1) is 5.69 Å². The summed E-state index contributed by atoms with van der Waals surface area (Å²) in [5.74, 6) is 1.17. The van der Waals surface area contributed by atoms with Gasteiger partial charge in [-0.3, -0.25) is 0 Å². The third-order valence-electron chi connectivity index (χ3n) is 11.4. The van der Waals surface area contributed by atoms with Gasteiger partial charge >= 0.3 is 0 Å². The van der Waals surface area contributed by atoms with E-state index in [1.165, 1.54) is 37.7 Å². The van der Waals surface area contributed by atoms with Gasteiger partial charge in [-0.15, -0.1) is 11.3 Å². The highest BCUT2D eigenvalue weighted by molar-refractivity contribution is 7.14. The zero-order valence-electron chi connectivity index (χ0n) is 29.0. The van der Waals surface area contributed by atoms with E-state index in [1.807, 2.05) is 11.3 Å². The Balaban J connectivity index is 1.14. The number of benzene rings is 5. The Labute approximate surface area is 313 Å². The second kappa shape index (κ2) is 12.2. The summed E-state index contributed by atoms with van der Waals surface area (Å²) in [6.45, 7) is 0. The first kappa shape index (κ1) is 30.5. The number of hydrogen-bond acceptors (Lipinski definition) is 3. The molecule has 0 N–H and O–H groups in total. The van der Waals surface area contributed by atoms with E-state index in [9.17, 15) is 0 Å². The lowest BCUT2D eigenvalue weighted by Gasteiger charge is -2.40. The molecular formula is C50H35NOS. The fourth-order valence-corrected chi connectivity index (χ4v) is 10.3. The minimum absolute atomic E-state index is 0.151. The normalized spacial score (nSPS) is 20.6. The largest absolute Gasteiger partial charge is 0.455 e. The van der Waals surface area contributed by atoms with Gasteiger partial charge in [-0.25, -0.2) is 0 Å². The van der Waals surface area contributed by atoms with Crippen LogP contribution in [0.2, 0.25) is 0 Å². The molecule has 2 heterocycles. The molecule has 3 heteroatoms. The third kappa shape index (κ3) is 4.85. The van der Waals surface area contributed by atoms with Gasteiger partial charge in [0.2, 0.25) is 0 Å². The Morgan fingerprint density at radius 2 is 1.21 bits per heavy atom. The molecule has 4 unspecified atom stereocenters. The first-order chi connectivity index (χ1) is 26.3. The molecule has 7 aromatic rings. The van der Waals surface area contributed by atoms with Crippen molar-refractivity contribution in [3.05, 3.63) is 203 Å². The number of thiophene rings is 1. The van der Waals surface area contributed by atoms with Crippen molar-refractivity contribution in [1.29, 1.82) is 0 Å². The number of anilines is 2. The van der Waals surface area contributed by atoms with Gasteiger partial charge in [0.25, 0.3) is 0 Å². The van der Waals surface area contributed by atoms with E-state index in [0.29, 0.717) is 11.8 Å². The predicted octanol–water partition coefficient (Wildman–Crippen LogP) is 13.9. The second-order valence-corrected chi connectivity index (χ2v) is 15.4. The molecule has 53 heavy (non-hydrogen) atoms. The highest BCUT2D eigenvalue weighted by atomic mass is 32.1. The molecule has 4 atom stereocenters. The Bertz CT molecular complexity index is 2750. The highest BCUT2D eigenvalue weighted by Gasteiger charge is 2.40. The molecule has 0 radical (unpaired) electrons. The van der Waals surface area contributed by atoms with Crippen LogP contribution in [-0.2, 0) is 0 Å². The van der Waals surface area contributed by atoms with Crippen LogP contribution < -0.4 is 4.90 Å². The molecule has 0 fully saturated rings. The number of nitrogens with zero attached hydrogens (tertiary/aromatic N) is 1. The third-order valence-corrected chi connectivity index (χ3v) is 12.6. The van der Waals surface area contributed by atoms with Crippen molar-refractivity contribution in [2.75, 3.05) is 4.90 Å². The van der Waals surface area contributed by atoms with E-state index in [1.54, 1.807) is 0 Å². The van der Waals surface area contributed by atoms with Gasteiger partial charge in [0.15, 0.2) is 0 Å². The first-order valence-corrected chi connectivity index (χ1v) is 19.3. The average Bonchev–Trinajstić information content (AvgIpc) is 3.80. The maximum atomic E-state index is 6.85. The Morgan fingerprint density at radius 3 is 2.04 bits per heavy atom. The van der Waals surface area contributed by atoms with Crippen molar-refractivity contribution in [3.8, 4) is 22.3 Å². The van der Waals surface area contributed by atoms with Crippen LogP contribution in [-0.4, -0.2) is 0 Å². The van der Waals surface area contributed by atoms with E-state index < -0.39 is 0 Å². The van der Waals surface area contributed by atoms with Crippen LogP contribution >= 0.6 is 11.3 Å². The lowest BCUT2D eigenvalue weighted by Crippen LogP contribution is -2.29. The Kier molecular flexibility index (Phi) is 7.03. The molecule has 0 bridgehead atoms. The molecular weight excluding hydrogens is 663 g/mol. The van der Waals surface area contributed by atoms with Crippen molar-refractivity contribution >= 4 is 56.8 Å². The van der Waals surface area contributed by atoms with Crippen LogP contribution in [0, 0.1) is 11.8 Å². The zero-order chi connectivity index (χ0) is 34.9. The minimum atomic E-state index is 0.151. The predicted molar refractivity (Wildman–Crippen MR) is 224 cm³/mol. The summed E-state index contributed by atoms with van der Waals surface area (Å²) in [5, 5.41) is 2.26. The van der Waals surface area contributed by atoms with Crippen LogP contribution in [0.4, 0.5) is 11.4 Å². The first-order valence-electron chi connectivity index (χ1n) is 18.5. The summed E-state index contributed by atoms with van der Waals surface area (Å²) in [7, 11) is 0. The molecule has 5 aromatic carbocycles. The molecule has 252 valence electrons. The zero-order valence-corrected chi connectivity index (χ0v) is 29.8. The van der Waals surface area contributed by atoms with E-state index >= 15 is 0 Å². The van der Waals surface area contributed by atoms with Crippen molar-refractivity contribution in [3.63, 3.8) is 0 Å². The van der Waals surface area contributed by atoms with Gasteiger partial charge < -0.3 is 9.32 Å². The molecule has 0 amide bonds. The van der Waals surface area contributed by atoms with E-state index in [4.69, 9.17) is 4.42 Å². The number of furan rings is 1. The quantitative estimate of drug-likeness (QED) is 0.178. The molecule has 2 aromatic heterocycles. The van der Waals surface area contributed by atoms with Gasteiger partial charge in [-0.05, 0) is 52.6 Å². The summed E-state index contributed by atoms with van der Waals surface area (Å²) in [6.07, 6.45) is 25.8. The Hall–Kier alpha value is -6.16. The maximum Gasteiger partial charge on any atom is 0.143 e. The molecule has 11 rings (SSSR count). The molecule has 0 saturated heterocycles. The lowest BCUT2D eigenvalue weighted by atomic mass is 9.70. The van der Waals surface area contributed by atoms with E-state index in [-0.39, 0.29) is 11.8 Å². The maximum absolute atomic E-state index is 6.85. The number of allylic oxidation sites excluding steroid dienone is 9. The molecule has 2 nitrogen and oxygen atoms in total. The monoisotopic (exact) mass is 697 g/mol. The SMILES string of the molecule is C1=CC2C=Cc3sc4c(c3C2C=C1)C1C=CC=CC1C(N(c1ccc2c(c1)oc1c(-c3ccccc3)cccc12)c1ccccc1-c1ccccc1)=C4. The van der Waals surface area contributed by atoms with Crippen LogP contribution in [0.25, 0.3) is 56.3 Å². The van der Waals surface area contributed by atoms with Crippen LogP contribution in [0.1, 0.15) is 32.7 Å². The molecule has 0 spiro atoms. The summed E-state index contributed by atoms with van der Waals surface area (Å²) >= 11 is 1.94. The fourth-order valence-electron chi connectivity index (χ4n) is 9.05. The number of hydrogen-bond donors (Lipinski definition) is 0. The summed E-state index contributed by atoms with van der Waals surface area (Å²) in [6, 6.07) is 43.4. The number of para-hydroxylation sites is 2. The highest BCUT2D eigenvalue weighted by Crippen LogP contribution is 2.55. The van der Waals surface area contributed by atoms with Gasteiger partial charge in [-0.2, -0.15) is 0 Å². The summed E-state index contributed by atoms with van der Waals surface area (Å²) < 4.78 is 6.85. The van der Waals surface area contributed by atoms with Crippen molar-refractivity contribution < 1.29 is 4.42 Å². The van der Waals surface area contributed by atoms with Crippen molar-refractivity contribution in [1.82, 2.24) is 0 Å². The van der Waals surface area contributed by atoms with E-state index in [0.717, 1.165) is 44.4 Å². The topological polar surface area (TPSA) is 16.4 Å². The average molecular weight is 698 g/mol. The number of fused-ring (bicyclic) bond motifs is 10. The summed E-state index contributed by atoms with van der Waals surface area (Å²) in [4.78, 5) is 5.26. The second-order valence-electron chi connectivity index (χ2n) is 14.3. The summed E-state index contributed by atoms with van der Waals surface area (Å²) in [5.41, 5.74) is 13.0. The minimum Gasteiger partial charge on any atom is -0.455 e. The molecule has 0 saturated carbocycles. The molecule has 0 aliphatic heterocycles. The van der Waals surface area contributed by atoms with E-state index in [2.05, 4.69) is 193 Å². The van der Waals surface area contributed by atoms with Crippen LogP contribution in [0.15, 0.2) is 186 Å². The van der Waals surface area contributed by atoms with Gasteiger partial charge in [-0.1, -0.05) is 152 Å². The standard InChI is InChI=1S/C50H35NOS/c1-3-14-32(15-4-1)36-19-11-12-25-43(36)51(35-27-28-40-42-24-13-23-38(33-16-5-2-6-17-33)50(42)52-45(40)30-35)44-31-47-49(41-22-10-9-21-39(41)44)48-37-20-8-7-18-34(37)26-29-46(48)53-47/h1-31,34,37,39,41H. The molecule has 4 aliphatic carbocycles. The van der Waals surface area contributed by atoms with Gasteiger partial charge in [0, 0.05) is 72.8 Å². The van der Waals surface area contributed by atoms with Crippen molar-refractivity contribution in [2.24, 2.45) is 11.8 Å². The fraction of sp³-hybridized carbons (Fsp3) is 0.0800.